The van der Waals surface area contributed by atoms with Crippen molar-refractivity contribution in [1.29, 1.82) is 0 Å². The summed E-state index contributed by atoms with van der Waals surface area (Å²) in [7, 11) is 4.11. The van der Waals surface area contributed by atoms with Gasteiger partial charge in [-0.05, 0) is 46.1 Å². The van der Waals surface area contributed by atoms with Gasteiger partial charge in [-0.25, -0.2) is 0 Å². The van der Waals surface area contributed by atoms with E-state index in [1.807, 2.05) is 0 Å². The first-order valence-electron chi connectivity index (χ1n) is 5.06. The van der Waals surface area contributed by atoms with E-state index in [9.17, 15) is 0 Å². The van der Waals surface area contributed by atoms with Crippen molar-refractivity contribution in [3.8, 4) is 0 Å². The number of nitrogens with zero attached hydrogens (tertiary/aromatic N) is 1. The number of hydrogen-bond donors (Lipinski definition) is 1. The van der Waals surface area contributed by atoms with Gasteiger partial charge in [-0.15, -0.1) is 0 Å². The van der Waals surface area contributed by atoms with E-state index in [0.29, 0.717) is 0 Å². The van der Waals surface area contributed by atoms with Gasteiger partial charge in [0.25, 0.3) is 0 Å². The molecule has 0 aromatic rings. The summed E-state index contributed by atoms with van der Waals surface area (Å²) in [5, 5.41) is 3.32. The minimum absolute atomic E-state index is 0. The van der Waals surface area contributed by atoms with Gasteiger partial charge in [0.05, 0.1) is 0 Å². The molecule has 2 nitrogen and oxygen atoms in total. The first-order valence-corrected chi connectivity index (χ1v) is 5.06. The Bertz CT molecular complexity index is 90.9. The van der Waals surface area contributed by atoms with Gasteiger partial charge in [0.1, 0.15) is 0 Å². The molecule has 2 heteroatoms. The smallest absolute Gasteiger partial charge is 0 e. The molecular formula is C10H26N2. The normalized spacial score (nSPS) is 22.2. The summed E-state index contributed by atoms with van der Waals surface area (Å²) in [5.74, 6) is 0.986. The van der Waals surface area contributed by atoms with Crippen LogP contribution < -0.4 is 5.32 Å². The highest BCUT2D eigenvalue weighted by atomic mass is 15.0. The van der Waals surface area contributed by atoms with Crippen molar-refractivity contribution in [2.75, 3.05) is 33.7 Å². The third-order valence-corrected chi connectivity index (χ3v) is 2.37. The van der Waals surface area contributed by atoms with Gasteiger partial charge in [-0.3, -0.25) is 0 Å². The van der Waals surface area contributed by atoms with E-state index in [0.717, 1.165) is 12.5 Å². The van der Waals surface area contributed by atoms with Gasteiger partial charge in [-0.2, -0.15) is 0 Å². The topological polar surface area (TPSA) is 15.3 Å². The van der Waals surface area contributed by atoms with E-state index >= 15 is 0 Å². The van der Waals surface area contributed by atoms with Gasteiger partial charge in [0.15, 0.2) is 0 Å². The number of hydrogen-bond acceptors (Lipinski definition) is 2. The molecule has 0 saturated carbocycles. The molecule has 0 aromatic heterocycles. The lowest BCUT2D eigenvalue weighted by atomic mass is 10.1. The van der Waals surface area contributed by atoms with Crippen LogP contribution in [0.15, 0.2) is 0 Å². The molecule has 0 amide bonds. The Labute approximate surface area is 78.8 Å². The zero-order valence-corrected chi connectivity index (χ0v) is 9.06. The lowest BCUT2D eigenvalue weighted by molar-refractivity contribution is 0.434. The van der Waals surface area contributed by atoms with Crippen LogP contribution in [-0.2, 0) is 0 Å². The molecular weight excluding hydrogens is 148 g/mol. The summed E-state index contributed by atoms with van der Waals surface area (Å²) in [6.07, 6.45) is 2.75. The molecule has 0 aromatic carbocycles. The second-order valence-corrected chi connectivity index (χ2v) is 3.66. The molecule has 1 saturated heterocycles. The molecule has 1 fully saturated rings. The molecule has 1 aliphatic heterocycles. The Hall–Kier alpha value is -0.0800. The zero-order valence-electron chi connectivity index (χ0n) is 9.06. The molecule has 1 heterocycles. The van der Waals surface area contributed by atoms with Gasteiger partial charge in [0.2, 0.25) is 0 Å². The van der Waals surface area contributed by atoms with Gasteiger partial charge in [-0.1, -0.05) is 20.3 Å². The van der Waals surface area contributed by atoms with E-state index in [-0.39, 0.29) is 1.43 Å². The van der Waals surface area contributed by atoms with E-state index in [4.69, 9.17) is 0 Å². The highest BCUT2D eigenvalue weighted by molar-refractivity contribution is 4.68. The summed E-state index contributed by atoms with van der Waals surface area (Å²) < 4.78 is 0. The first kappa shape index (κ1) is 11.9. The Kier molecular flexibility index (Phi) is 7.51. The van der Waals surface area contributed by atoms with Gasteiger partial charge >= 0.3 is 0 Å². The summed E-state index contributed by atoms with van der Waals surface area (Å²) in [4.78, 5) is 2.12. The fourth-order valence-electron chi connectivity index (χ4n) is 1.06. The molecule has 0 aliphatic carbocycles. The van der Waals surface area contributed by atoms with Crippen LogP contribution in [0.1, 0.15) is 28.1 Å². The van der Waals surface area contributed by atoms with E-state index < -0.39 is 0 Å². The molecule has 1 rings (SSSR count). The highest BCUT2D eigenvalue weighted by Gasteiger charge is 2.10. The molecule has 0 bridgehead atoms. The predicted octanol–water partition coefficient (Wildman–Crippen LogP) is 1.82. The summed E-state index contributed by atoms with van der Waals surface area (Å²) in [6.45, 7) is 8.03. The minimum atomic E-state index is 0. The third kappa shape index (κ3) is 6.62. The molecule has 1 unspecified atom stereocenters. The summed E-state index contributed by atoms with van der Waals surface area (Å²) in [5.41, 5.74) is 0. The van der Waals surface area contributed by atoms with Crippen molar-refractivity contribution < 1.29 is 1.43 Å². The first-order chi connectivity index (χ1) is 5.70. The van der Waals surface area contributed by atoms with Crippen LogP contribution in [0.4, 0.5) is 0 Å². The maximum atomic E-state index is 3.32. The molecule has 1 N–H and O–H groups in total. The van der Waals surface area contributed by atoms with E-state index in [1.165, 1.54) is 25.9 Å². The maximum Gasteiger partial charge on any atom is 0 e. The molecule has 0 radical (unpaired) electrons. The quantitative estimate of drug-likeness (QED) is 0.687. The lowest BCUT2D eigenvalue weighted by Crippen LogP contribution is -2.08. The predicted molar refractivity (Wildman–Crippen MR) is 57.6 cm³/mol. The van der Waals surface area contributed by atoms with Crippen LogP contribution in [0.5, 0.6) is 0 Å². The van der Waals surface area contributed by atoms with Crippen molar-refractivity contribution in [2.45, 2.75) is 26.7 Å². The van der Waals surface area contributed by atoms with Crippen LogP contribution in [0.3, 0.4) is 0 Å². The minimum Gasteiger partial charge on any atom is -0.316 e. The Morgan fingerprint density at radius 2 is 2.00 bits per heavy atom. The molecule has 0 spiro atoms. The maximum absolute atomic E-state index is 3.32. The Morgan fingerprint density at radius 3 is 2.17 bits per heavy atom. The molecule has 76 valence electrons. The van der Waals surface area contributed by atoms with E-state index in [2.05, 4.69) is 38.2 Å². The monoisotopic (exact) mass is 174 g/mol. The number of rotatable bonds is 2. The third-order valence-electron chi connectivity index (χ3n) is 2.37. The Morgan fingerprint density at radius 1 is 1.42 bits per heavy atom. The molecule has 1 aliphatic rings. The van der Waals surface area contributed by atoms with Crippen LogP contribution >= 0.6 is 0 Å². The molecule has 1 atom stereocenters. The molecule has 12 heavy (non-hydrogen) atoms. The largest absolute Gasteiger partial charge is 0.316 e. The average molecular weight is 174 g/mol. The standard InChI is InChI=1S/C6H13N.C4H11N.H2/c1-2-6-3-4-7-5-6;1-4-5(2)3;/h6-7H,2-5H2,1H3;4H2,1-3H3;1H. The van der Waals surface area contributed by atoms with E-state index in [1.54, 1.807) is 0 Å². The lowest BCUT2D eigenvalue weighted by Gasteiger charge is -2.00. The average Bonchev–Trinajstić information content (AvgIpc) is 2.57. The van der Waals surface area contributed by atoms with Crippen molar-refractivity contribution in [2.24, 2.45) is 5.92 Å². The fraction of sp³-hybridized carbons (Fsp3) is 1.00. The SMILES string of the molecule is CCC1CCNC1.CCN(C)C.[HH]. The number of nitrogens with one attached hydrogen (secondary N) is 1. The van der Waals surface area contributed by atoms with Gasteiger partial charge < -0.3 is 10.2 Å². The van der Waals surface area contributed by atoms with Crippen LogP contribution in [0.25, 0.3) is 0 Å². The fourth-order valence-corrected chi connectivity index (χ4v) is 1.06. The van der Waals surface area contributed by atoms with Crippen molar-refractivity contribution >= 4 is 0 Å². The van der Waals surface area contributed by atoms with Crippen molar-refractivity contribution in [3.63, 3.8) is 0 Å². The van der Waals surface area contributed by atoms with Gasteiger partial charge in [0, 0.05) is 1.43 Å². The highest BCUT2D eigenvalue weighted by Crippen LogP contribution is 2.09. The zero-order chi connectivity index (χ0) is 9.40. The van der Waals surface area contributed by atoms with Crippen LogP contribution in [-0.4, -0.2) is 38.6 Å². The van der Waals surface area contributed by atoms with Crippen LogP contribution in [0, 0.1) is 5.92 Å². The van der Waals surface area contributed by atoms with Crippen molar-refractivity contribution in [3.05, 3.63) is 0 Å². The van der Waals surface area contributed by atoms with Crippen LogP contribution in [0.2, 0.25) is 0 Å². The summed E-state index contributed by atoms with van der Waals surface area (Å²) >= 11 is 0. The second-order valence-electron chi connectivity index (χ2n) is 3.66. The second kappa shape index (κ2) is 7.56. The van der Waals surface area contributed by atoms with Crippen molar-refractivity contribution in [1.82, 2.24) is 10.2 Å². The summed E-state index contributed by atoms with van der Waals surface area (Å²) in [6, 6.07) is 0. The Balaban J connectivity index is 0.